The minimum atomic E-state index is -0.534. The Balaban J connectivity index is 1.64. The SMILES string of the molecule is O=C1NC(=O)C2(CCCC2)N1CCCc1ccccc1. The van der Waals surface area contributed by atoms with Crippen molar-refractivity contribution in [1.29, 1.82) is 0 Å². The molecule has 0 unspecified atom stereocenters. The number of amides is 3. The van der Waals surface area contributed by atoms with E-state index in [9.17, 15) is 9.59 Å². The van der Waals surface area contributed by atoms with Crippen molar-refractivity contribution in [3.05, 3.63) is 35.9 Å². The second-order valence-electron chi connectivity index (χ2n) is 5.74. The molecule has 4 heteroatoms. The third kappa shape index (κ3) is 2.19. The molecule has 1 saturated heterocycles. The zero-order chi connectivity index (χ0) is 14.0. The maximum absolute atomic E-state index is 12.1. The molecular weight excluding hydrogens is 252 g/mol. The number of carbonyl (C=O) groups excluding carboxylic acids is 2. The average Bonchev–Trinajstić information content (AvgIpc) is 3.02. The van der Waals surface area contributed by atoms with Gasteiger partial charge in [-0.1, -0.05) is 43.2 Å². The highest BCUT2D eigenvalue weighted by Gasteiger charge is 2.53. The summed E-state index contributed by atoms with van der Waals surface area (Å²) in [6.45, 7) is 0.659. The van der Waals surface area contributed by atoms with Crippen molar-refractivity contribution in [2.24, 2.45) is 0 Å². The molecule has 106 valence electrons. The highest BCUT2D eigenvalue weighted by molar-refractivity contribution is 6.07. The average molecular weight is 272 g/mol. The summed E-state index contributed by atoms with van der Waals surface area (Å²) in [5.74, 6) is -0.0836. The van der Waals surface area contributed by atoms with Crippen LogP contribution < -0.4 is 5.32 Å². The summed E-state index contributed by atoms with van der Waals surface area (Å²) in [5.41, 5.74) is 0.743. The van der Waals surface area contributed by atoms with Gasteiger partial charge in [-0.05, 0) is 31.2 Å². The molecule has 2 fully saturated rings. The normalized spacial score (nSPS) is 20.7. The fourth-order valence-electron chi connectivity index (χ4n) is 3.46. The van der Waals surface area contributed by atoms with Gasteiger partial charge in [-0.15, -0.1) is 0 Å². The summed E-state index contributed by atoms with van der Waals surface area (Å²) in [5, 5.41) is 2.50. The Morgan fingerprint density at radius 1 is 1.10 bits per heavy atom. The molecular formula is C16H20N2O2. The van der Waals surface area contributed by atoms with Crippen molar-refractivity contribution >= 4 is 11.9 Å². The van der Waals surface area contributed by atoms with Crippen LogP contribution in [0.5, 0.6) is 0 Å². The van der Waals surface area contributed by atoms with Crippen LogP contribution in [0.2, 0.25) is 0 Å². The number of urea groups is 1. The van der Waals surface area contributed by atoms with Gasteiger partial charge in [0.15, 0.2) is 0 Å². The van der Waals surface area contributed by atoms with Crippen LogP contribution in [0.3, 0.4) is 0 Å². The van der Waals surface area contributed by atoms with E-state index in [4.69, 9.17) is 0 Å². The topological polar surface area (TPSA) is 49.4 Å². The molecule has 0 aromatic heterocycles. The Kier molecular flexibility index (Phi) is 3.47. The van der Waals surface area contributed by atoms with Crippen molar-refractivity contribution in [3.63, 3.8) is 0 Å². The molecule has 3 amide bonds. The van der Waals surface area contributed by atoms with E-state index in [2.05, 4.69) is 17.4 Å². The van der Waals surface area contributed by atoms with Gasteiger partial charge >= 0.3 is 6.03 Å². The van der Waals surface area contributed by atoms with Crippen molar-refractivity contribution in [2.45, 2.75) is 44.1 Å². The maximum atomic E-state index is 12.1. The van der Waals surface area contributed by atoms with E-state index in [0.29, 0.717) is 6.54 Å². The highest BCUT2D eigenvalue weighted by Crippen LogP contribution is 2.38. The van der Waals surface area contributed by atoms with Gasteiger partial charge in [0.25, 0.3) is 5.91 Å². The van der Waals surface area contributed by atoms with Crippen LogP contribution in [0.25, 0.3) is 0 Å². The van der Waals surface area contributed by atoms with Gasteiger partial charge in [0.05, 0.1) is 0 Å². The number of hydrogen-bond acceptors (Lipinski definition) is 2. The molecule has 1 aliphatic heterocycles. The number of carbonyl (C=O) groups is 2. The van der Waals surface area contributed by atoms with Gasteiger partial charge in [0, 0.05) is 6.54 Å². The predicted molar refractivity (Wildman–Crippen MR) is 76.2 cm³/mol. The summed E-state index contributed by atoms with van der Waals surface area (Å²) in [6, 6.07) is 10.1. The third-order valence-electron chi connectivity index (χ3n) is 4.53. The highest BCUT2D eigenvalue weighted by atomic mass is 16.2. The minimum Gasteiger partial charge on any atom is -0.310 e. The molecule has 1 spiro atoms. The van der Waals surface area contributed by atoms with Crippen LogP contribution in [0.1, 0.15) is 37.7 Å². The Hall–Kier alpha value is -1.84. The fraction of sp³-hybridized carbons (Fsp3) is 0.500. The quantitative estimate of drug-likeness (QED) is 0.856. The van der Waals surface area contributed by atoms with Gasteiger partial charge in [0.1, 0.15) is 5.54 Å². The van der Waals surface area contributed by atoms with Crippen LogP contribution in [0.4, 0.5) is 4.79 Å². The molecule has 0 bridgehead atoms. The zero-order valence-corrected chi connectivity index (χ0v) is 11.6. The Morgan fingerprint density at radius 2 is 1.80 bits per heavy atom. The molecule has 1 aromatic rings. The summed E-state index contributed by atoms with van der Waals surface area (Å²) in [7, 11) is 0. The summed E-state index contributed by atoms with van der Waals surface area (Å²) >= 11 is 0. The first kappa shape index (κ1) is 13.2. The van der Waals surface area contributed by atoms with E-state index in [0.717, 1.165) is 38.5 Å². The molecule has 1 aromatic carbocycles. The number of benzene rings is 1. The molecule has 1 aliphatic carbocycles. The van der Waals surface area contributed by atoms with Crippen LogP contribution in [-0.4, -0.2) is 28.9 Å². The Labute approximate surface area is 119 Å². The summed E-state index contributed by atoms with van der Waals surface area (Å²) in [6.07, 6.45) is 5.54. The molecule has 1 heterocycles. The smallest absolute Gasteiger partial charge is 0.310 e. The summed E-state index contributed by atoms with van der Waals surface area (Å²) < 4.78 is 0. The number of hydrogen-bond donors (Lipinski definition) is 1. The van der Waals surface area contributed by atoms with Crippen molar-refractivity contribution < 1.29 is 9.59 Å². The predicted octanol–water partition coefficient (Wildman–Crippen LogP) is 2.48. The lowest BCUT2D eigenvalue weighted by molar-refractivity contribution is -0.126. The van der Waals surface area contributed by atoms with E-state index < -0.39 is 5.54 Å². The lowest BCUT2D eigenvalue weighted by Crippen LogP contribution is -2.47. The lowest BCUT2D eigenvalue weighted by Gasteiger charge is -2.31. The monoisotopic (exact) mass is 272 g/mol. The van der Waals surface area contributed by atoms with E-state index in [1.165, 1.54) is 5.56 Å². The first-order valence-corrected chi connectivity index (χ1v) is 7.39. The standard InChI is InChI=1S/C16H20N2O2/c19-14-16(10-4-5-11-16)18(15(20)17-14)12-6-9-13-7-2-1-3-8-13/h1-3,7-8H,4-6,9-12H2,(H,17,19,20). The molecule has 3 rings (SSSR count). The van der Waals surface area contributed by atoms with E-state index >= 15 is 0 Å². The van der Waals surface area contributed by atoms with Crippen LogP contribution >= 0.6 is 0 Å². The number of imide groups is 1. The van der Waals surface area contributed by atoms with Crippen molar-refractivity contribution in [1.82, 2.24) is 10.2 Å². The first-order chi connectivity index (χ1) is 9.72. The van der Waals surface area contributed by atoms with Gasteiger partial charge in [-0.3, -0.25) is 10.1 Å². The molecule has 1 saturated carbocycles. The molecule has 2 aliphatic rings. The lowest BCUT2D eigenvalue weighted by atomic mass is 9.95. The van der Waals surface area contributed by atoms with E-state index in [1.54, 1.807) is 4.90 Å². The van der Waals surface area contributed by atoms with E-state index in [-0.39, 0.29) is 11.9 Å². The number of aryl methyl sites for hydroxylation is 1. The zero-order valence-electron chi connectivity index (χ0n) is 11.6. The summed E-state index contributed by atoms with van der Waals surface area (Å²) in [4.78, 5) is 25.8. The van der Waals surface area contributed by atoms with Gasteiger partial charge in [0.2, 0.25) is 0 Å². The van der Waals surface area contributed by atoms with Crippen molar-refractivity contribution in [2.75, 3.05) is 6.54 Å². The second kappa shape index (κ2) is 5.27. The number of rotatable bonds is 4. The first-order valence-electron chi connectivity index (χ1n) is 7.39. The third-order valence-corrected chi connectivity index (χ3v) is 4.53. The van der Waals surface area contributed by atoms with Gasteiger partial charge < -0.3 is 4.90 Å². The fourth-order valence-corrected chi connectivity index (χ4v) is 3.46. The Morgan fingerprint density at radius 3 is 2.50 bits per heavy atom. The van der Waals surface area contributed by atoms with Crippen LogP contribution in [0.15, 0.2) is 30.3 Å². The Bertz CT molecular complexity index is 506. The second-order valence-corrected chi connectivity index (χ2v) is 5.74. The van der Waals surface area contributed by atoms with Crippen molar-refractivity contribution in [3.8, 4) is 0 Å². The van der Waals surface area contributed by atoms with E-state index in [1.807, 2.05) is 18.2 Å². The molecule has 4 nitrogen and oxygen atoms in total. The molecule has 0 radical (unpaired) electrons. The van der Waals surface area contributed by atoms with Crippen LogP contribution in [-0.2, 0) is 11.2 Å². The number of nitrogens with zero attached hydrogens (tertiary/aromatic N) is 1. The molecule has 1 N–H and O–H groups in total. The van der Waals surface area contributed by atoms with Gasteiger partial charge in [-0.25, -0.2) is 4.79 Å². The number of nitrogens with one attached hydrogen (secondary N) is 1. The maximum Gasteiger partial charge on any atom is 0.325 e. The molecule has 20 heavy (non-hydrogen) atoms. The largest absolute Gasteiger partial charge is 0.325 e. The minimum absolute atomic E-state index is 0.0836. The van der Waals surface area contributed by atoms with Gasteiger partial charge in [-0.2, -0.15) is 0 Å². The molecule has 0 atom stereocenters. The van der Waals surface area contributed by atoms with Crippen LogP contribution in [0, 0.1) is 0 Å².